The third-order valence-corrected chi connectivity index (χ3v) is 2.03. The van der Waals surface area contributed by atoms with E-state index in [0.717, 1.165) is 13.1 Å². The highest BCUT2D eigenvalue weighted by Gasteiger charge is 2.11. The van der Waals surface area contributed by atoms with Crippen molar-refractivity contribution < 1.29 is 4.74 Å². The van der Waals surface area contributed by atoms with Gasteiger partial charge in [0.2, 0.25) is 0 Å². The Morgan fingerprint density at radius 2 is 2.13 bits per heavy atom. The van der Waals surface area contributed by atoms with Crippen LogP contribution in [0.3, 0.4) is 0 Å². The van der Waals surface area contributed by atoms with Crippen LogP contribution in [0.4, 0.5) is 0 Å². The van der Waals surface area contributed by atoms with Gasteiger partial charge in [0.15, 0.2) is 0 Å². The van der Waals surface area contributed by atoms with Gasteiger partial charge in [0.25, 0.3) is 0 Å². The van der Waals surface area contributed by atoms with Gasteiger partial charge in [-0.1, -0.05) is 39.5 Å². The first-order valence-electron chi connectivity index (χ1n) is 6.09. The maximum atomic E-state index is 5.60. The molecule has 1 rings (SSSR count). The zero-order valence-electron chi connectivity index (χ0n) is 10.6. The minimum absolute atomic E-state index is 0.384. The molecule has 1 fully saturated rings. The molecule has 0 radical (unpaired) electrons. The molecule has 1 N–H and O–H groups in total. The normalized spacial score (nSPS) is 19.9. The monoisotopic (exact) mass is 211 g/mol. The Hall–Kier alpha value is -0.520. The van der Waals surface area contributed by atoms with Crippen LogP contribution >= 0.6 is 0 Å². The molecule has 0 amide bonds. The van der Waals surface area contributed by atoms with Gasteiger partial charge in [-0.3, -0.25) is 0 Å². The minimum Gasteiger partial charge on any atom is -0.364 e. The average Bonchev–Trinajstić information content (AvgIpc) is 2.28. The van der Waals surface area contributed by atoms with Gasteiger partial charge in [-0.15, -0.1) is 0 Å². The fourth-order valence-electron chi connectivity index (χ4n) is 1.37. The third-order valence-electron chi connectivity index (χ3n) is 2.03. The van der Waals surface area contributed by atoms with Crippen molar-refractivity contribution in [1.29, 1.82) is 0 Å². The summed E-state index contributed by atoms with van der Waals surface area (Å²) >= 11 is 0. The highest BCUT2D eigenvalue weighted by molar-refractivity contribution is 5.01. The van der Waals surface area contributed by atoms with Crippen LogP contribution in [-0.4, -0.2) is 25.8 Å². The molecular formula is C13H25NO. The number of hydrogen-bond acceptors (Lipinski definition) is 2. The second-order valence-corrected chi connectivity index (χ2v) is 3.76. The largest absolute Gasteiger partial charge is 0.364 e. The van der Waals surface area contributed by atoms with E-state index in [-0.39, 0.29) is 0 Å². The summed E-state index contributed by atoms with van der Waals surface area (Å²) in [4.78, 5) is 0. The van der Waals surface area contributed by atoms with E-state index < -0.39 is 0 Å². The number of rotatable bonds is 2. The summed E-state index contributed by atoms with van der Waals surface area (Å²) in [7, 11) is 0. The van der Waals surface area contributed by atoms with E-state index in [1.807, 2.05) is 13.8 Å². The van der Waals surface area contributed by atoms with Crippen LogP contribution in [0.15, 0.2) is 0 Å². The number of nitrogens with one attached hydrogen (secondary N) is 1. The zero-order valence-corrected chi connectivity index (χ0v) is 10.6. The Labute approximate surface area is 94.8 Å². The lowest BCUT2D eigenvalue weighted by molar-refractivity contribution is 0.0590. The van der Waals surface area contributed by atoms with Crippen molar-refractivity contribution in [1.82, 2.24) is 5.32 Å². The van der Waals surface area contributed by atoms with Gasteiger partial charge >= 0.3 is 0 Å². The summed E-state index contributed by atoms with van der Waals surface area (Å²) in [5.74, 6) is 6.57. The van der Waals surface area contributed by atoms with Crippen LogP contribution in [0, 0.1) is 17.8 Å². The zero-order chi connectivity index (χ0) is 11.5. The molecule has 0 saturated carbocycles. The van der Waals surface area contributed by atoms with Crippen LogP contribution < -0.4 is 5.32 Å². The van der Waals surface area contributed by atoms with E-state index >= 15 is 0 Å². The summed E-state index contributed by atoms with van der Waals surface area (Å²) in [5.41, 5.74) is 0. The van der Waals surface area contributed by atoms with Crippen molar-refractivity contribution in [2.45, 2.75) is 46.6 Å². The second-order valence-electron chi connectivity index (χ2n) is 3.76. The number of hydrogen-bond donors (Lipinski definition) is 1. The van der Waals surface area contributed by atoms with Crippen molar-refractivity contribution in [2.75, 3.05) is 19.7 Å². The second kappa shape index (κ2) is 10.0. The molecule has 1 aliphatic rings. The van der Waals surface area contributed by atoms with Gasteiger partial charge in [0.1, 0.15) is 6.61 Å². The van der Waals surface area contributed by atoms with E-state index in [2.05, 4.69) is 31.0 Å². The summed E-state index contributed by atoms with van der Waals surface area (Å²) in [5, 5.41) is 3.31. The summed E-state index contributed by atoms with van der Waals surface area (Å²) in [6.07, 6.45) is 2.79. The van der Waals surface area contributed by atoms with Crippen molar-refractivity contribution in [2.24, 2.45) is 5.92 Å². The predicted molar refractivity (Wildman–Crippen MR) is 65.8 cm³/mol. The molecule has 0 aromatic carbocycles. The maximum absolute atomic E-state index is 5.60. The van der Waals surface area contributed by atoms with Crippen molar-refractivity contribution in [3.63, 3.8) is 0 Å². The van der Waals surface area contributed by atoms with E-state index in [4.69, 9.17) is 4.74 Å². The molecule has 0 aromatic heterocycles. The fourth-order valence-corrected chi connectivity index (χ4v) is 1.37. The van der Waals surface area contributed by atoms with E-state index in [9.17, 15) is 0 Å². The molecule has 1 atom stereocenters. The molecule has 0 bridgehead atoms. The van der Waals surface area contributed by atoms with E-state index in [0.29, 0.717) is 18.6 Å². The molecule has 0 aliphatic carbocycles. The Morgan fingerprint density at radius 1 is 1.40 bits per heavy atom. The van der Waals surface area contributed by atoms with Gasteiger partial charge in [-0.2, -0.15) is 0 Å². The van der Waals surface area contributed by atoms with Crippen LogP contribution in [-0.2, 0) is 4.74 Å². The molecule has 0 aromatic rings. The lowest BCUT2D eigenvalue weighted by Gasteiger charge is -2.21. The molecule has 1 saturated heterocycles. The highest BCUT2D eigenvalue weighted by Crippen LogP contribution is 2.04. The third kappa shape index (κ3) is 8.47. The number of ether oxygens (including phenoxy) is 1. The standard InChI is InChI=1S/C11H19NO.C2H6/c1-10(2)5-4-8-13-11-6-3-7-12-9-11;1-2/h10-12H,3,6-9H2,1-2H3;1-2H3. The molecular weight excluding hydrogens is 186 g/mol. The first-order chi connectivity index (χ1) is 7.29. The summed E-state index contributed by atoms with van der Waals surface area (Å²) in [6.45, 7) is 10.9. The Bertz CT molecular complexity index is 184. The topological polar surface area (TPSA) is 21.3 Å². The van der Waals surface area contributed by atoms with E-state index in [1.165, 1.54) is 12.8 Å². The maximum Gasteiger partial charge on any atom is 0.108 e. The Kier molecular flexibility index (Phi) is 9.67. The van der Waals surface area contributed by atoms with Crippen molar-refractivity contribution in [3.05, 3.63) is 0 Å². The van der Waals surface area contributed by atoms with E-state index in [1.54, 1.807) is 0 Å². The first kappa shape index (κ1) is 14.5. The van der Waals surface area contributed by atoms with Crippen LogP contribution in [0.5, 0.6) is 0 Å². The predicted octanol–water partition coefficient (Wildman–Crippen LogP) is 2.44. The molecule has 0 spiro atoms. The van der Waals surface area contributed by atoms with Gasteiger partial charge in [-0.05, 0) is 19.4 Å². The summed E-state index contributed by atoms with van der Waals surface area (Å²) in [6, 6.07) is 0. The lowest BCUT2D eigenvalue weighted by atomic mass is 10.1. The molecule has 2 heteroatoms. The van der Waals surface area contributed by atoms with Crippen LogP contribution in [0.2, 0.25) is 0 Å². The first-order valence-corrected chi connectivity index (χ1v) is 6.09. The molecule has 88 valence electrons. The lowest BCUT2D eigenvalue weighted by Crippen LogP contribution is -2.35. The fraction of sp³-hybridized carbons (Fsp3) is 0.846. The van der Waals surface area contributed by atoms with Gasteiger partial charge in [-0.25, -0.2) is 0 Å². The molecule has 1 aliphatic heterocycles. The Morgan fingerprint density at radius 3 is 2.67 bits per heavy atom. The number of piperidine rings is 1. The SMILES string of the molecule is CC.CC(C)C#CCOC1CCCNC1. The molecule has 1 heterocycles. The molecule has 2 nitrogen and oxygen atoms in total. The van der Waals surface area contributed by atoms with Gasteiger partial charge in [0.05, 0.1) is 6.10 Å². The van der Waals surface area contributed by atoms with Crippen LogP contribution in [0.25, 0.3) is 0 Å². The quantitative estimate of drug-likeness (QED) is 0.708. The smallest absolute Gasteiger partial charge is 0.108 e. The van der Waals surface area contributed by atoms with Crippen molar-refractivity contribution in [3.8, 4) is 11.8 Å². The summed E-state index contributed by atoms with van der Waals surface area (Å²) < 4.78 is 5.60. The highest BCUT2D eigenvalue weighted by atomic mass is 16.5. The van der Waals surface area contributed by atoms with Gasteiger partial charge in [0, 0.05) is 12.5 Å². The van der Waals surface area contributed by atoms with Crippen LogP contribution in [0.1, 0.15) is 40.5 Å². The van der Waals surface area contributed by atoms with Gasteiger partial charge < -0.3 is 10.1 Å². The molecule has 1 unspecified atom stereocenters. The van der Waals surface area contributed by atoms with Crippen molar-refractivity contribution >= 4 is 0 Å². The minimum atomic E-state index is 0.384. The average molecular weight is 211 g/mol. The molecule has 15 heavy (non-hydrogen) atoms. The Balaban J connectivity index is 0.000000921.